The van der Waals surface area contributed by atoms with Gasteiger partial charge in [-0.05, 0) is 36.4 Å². The van der Waals surface area contributed by atoms with E-state index in [1.807, 2.05) is 6.07 Å². The van der Waals surface area contributed by atoms with E-state index < -0.39 is 0 Å². The van der Waals surface area contributed by atoms with Crippen molar-refractivity contribution in [2.24, 2.45) is 0 Å². The fraction of sp³-hybridized carbons (Fsp3) is 0.0667. The molecule has 0 unspecified atom stereocenters. The second kappa shape index (κ2) is 4.77. The molecular weight excluding hydrogens is 259 g/mol. The SMILES string of the molecule is CC(=O)Oc1cccc2c1cnn2-c1ccc(F)cc1. The minimum Gasteiger partial charge on any atom is -0.426 e. The van der Waals surface area contributed by atoms with E-state index in [9.17, 15) is 9.18 Å². The smallest absolute Gasteiger partial charge is 0.308 e. The maximum atomic E-state index is 13.0. The van der Waals surface area contributed by atoms with Crippen molar-refractivity contribution in [3.8, 4) is 11.4 Å². The number of carbonyl (C=O) groups excluding carboxylic acids is 1. The quantitative estimate of drug-likeness (QED) is 0.531. The van der Waals surface area contributed by atoms with Crippen molar-refractivity contribution >= 4 is 16.9 Å². The molecule has 20 heavy (non-hydrogen) atoms. The summed E-state index contributed by atoms with van der Waals surface area (Å²) in [6.45, 7) is 1.35. The van der Waals surface area contributed by atoms with Crippen LogP contribution in [0.4, 0.5) is 4.39 Å². The van der Waals surface area contributed by atoms with Gasteiger partial charge in [0.1, 0.15) is 11.6 Å². The molecule has 0 saturated carbocycles. The van der Waals surface area contributed by atoms with E-state index >= 15 is 0 Å². The Morgan fingerprint density at radius 1 is 1.20 bits per heavy atom. The lowest BCUT2D eigenvalue weighted by molar-refractivity contribution is -0.131. The summed E-state index contributed by atoms with van der Waals surface area (Å²) in [5, 5.41) is 4.99. The Bertz CT molecular complexity index is 778. The Balaban J connectivity index is 2.14. The standard InChI is InChI=1S/C15H11FN2O2/c1-10(19)20-15-4-2-3-14-13(15)9-17-18(14)12-7-5-11(16)6-8-12/h2-9H,1H3. The first-order valence-electron chi connectivity index (χ1n) is 6.06. The molecule has 0 amide bonds. The Morgan fingerprint density at radius 3 is 2.65 bits per heavy atom. The van der Waals surface area contributed by atoms with Gasteiger partial charge in [-0.1, -0.05) is 6.07 Å². The minimum absolute atomic E-state index is 0.300. The predicted octanol–water partition coefficient (Wildman–Crippen LogP) is 3.09. The summed E-state index contributed by atoms with van der Waals surface area (Å²) in [7, 11) is 0. The zero-order valence-corrected chi connectivity index (χ0v) is 10.7. The van der Waals surface area contributed by atoms with Crippen molar-refractivity contribution in [3.05, 3.63) is 54.5 Å². The molecule has 100 valence electrons. The second-order valence-electron chi connectivity index (χ2n) is 4.32. The van der Waals surface area contributed by atoms with Crippen molar-refractivity contribution in [2.45, 2.75) is 6.92 Å². The number of ether oxygens (including phenoxy) is 1. The largest absolute Gasteiger partial charge is 0.426 e. The summed E-state index contributed by atoms with van der Waals surface area (Å²) in [6, 6.07) is 11.4. The first-order valence-corrected chi connectivity index (χ1v) is 6.06. The van der Waals surface area contributed by atoms with Crippen LogP contribution in [0.5, 0.6) is 5.75 Å². The molecule has 0 bridgehead atoms. The highest BCUT2D eigenvalue weighted by molar-refractivity contribution is 5.88. The van der Waals surface area contributed by atoms with Crippen LogP contribution in [-0.2, 0) is 4.79 Å². The Hall–Kier alpha value is -2.69. The fourth-order valence-corrected chi connectivity index (χ4v) is 2.06. The highest BCUT2D eigenvalue weighted by atomic mass is 19.1. The number of hydrogen-bond acceptors (Lipinski definition) is 3. The van der Waals surface area contributed by atoms with Crippen LogP contribution in [0, 0.1) is 5.82 Å². The number of nitrogens with zero attached hydrogens (tertiary/aromatic N) is 2. The zero-order chi connectivity index (χ0) is 14.1. The van der Waals surface area contributed by atoms with Crippen molar-refractivity contribution in [2.75, 3.05) is 0 Å². The summed E-state index contributed by atoms with van der Waals surface area (Å²) < 4.78 is 19.8. The van der Waals surface area contributed by atoms with Gasteiger partial charge in [0.2, 0.25) is 0 Å². The number of fused-ring (bicyclic) bond motifs is 1. The van der Waals surface area contributed by atoms with Crippen LogP contribution in [0.1, 0.15) is 6.92 Å². The van der Waals surface area contributed by atoms with E-state index in [0.717, 1.165) is 16.6 Å². The molecule has 4 nitrogen and oxygen atoms in total. The number of hydrogen-bond donors (Lipinski definition) is 0. The lowest BCUT2D eigenvalue weighted by Gasteiger charge is -2.05. The maximum Gasteiger partial charge on any atom is 0.308 e. The topological polar surface area (TPSA) is 44.1 Å². The Kier molecular flexibility index (Phi) is 2.95. The van der Waals surface area contributed by atoms with E-state index in [4.69, 9.17) is 4.74 Å². The molecule has 0 saturated heterocycles. The summed E-state index contributed by atoms with van der Waals surface area (Å²) in [5.41, 5.74) is 1.52. The van der Waals surface area contributed by atoms with Crippen LogP contribution in [0.15, 0.2) is 48.7 Å². The first-order chi connectivity index (χ1) is 9.65. The van der Waals surface area contributed by atoms with E-state index in [1.54, 1.807) is 35.1 Å². The molecule has 0 N–H and O–H groups in total. The van der Waals surface area contributed by atoms with Crippen LogP contribution in [0.3, 0.4) is 0 Å². The van der Waals surface area contributed by atoms with Gasteiger partial charge in [0.15, 0.2) is 0 Å². The van der Waals surface area contributed by atoms with E-state index in [-0.39, 0.29) is 11.8 Å². The van der Waals surface area contributed by atoms with Gasteiger partial charge in [-0.15, -0.1) is 0 Å². The molecule has 1 aromatic heterocycles. The summed E-state index contributed by atoms with van der Waals surface area (Å²) >= 11 is 0. The molecule has 0 aliphatic heterocycles. The predicted molar refractivity (Wildman–Crippen MR) is 72.3 cm³/mol. The van der Waals surface area contributed by atoms with Crippen LogP contribution in [-0.4, -0.2) is 15.7 Å². The van der Waals surface area contributed by atoms with Crippen molar-refractivity contribution in [1.29, 1.82) is 0 Å². The first kappa shape index (κ1) is 12.3. The molecule has 1 heterocycles. The minimum atomic E-state index is -0.382. The molecule has 5 heteroatoms. The third kappa shape index (κ3) is 2.14. The average molecular weight is 270 g/mol. The second-order valence-corrected chi connectivity index (χ2v) is 4.32. The molecule has 3 aromatic rings. The average Bonchev–Trinajstić information content (AvgIpc) is 2.84. The van der Waals surface area contributed by atoms with Gasteiger partial charge in [0, 0.05) is 6.92 Å². The van der Waals surface area contributed by atoms with Crippen molar-refractivity contribution in [1.82, 2.24) is 9.78 Å². The number of benzene rings is 2. The monoisotopic (exact) mass is 270 g/mol. The molecule has 3 rings (SSSR count). The van der Waals surface area contributed by atoms with Crippen LogP contribution >= 0.6 is 0 Å². The summed E-state index contributed by atoms with van der Waals surface area (Å²) in [4.78, 5) is 11.1. The molecule has 0 aliphatic carbocycles. The van der Waals surface area contributed by atoms with Crippen LogP contribution in [0.2, 0.25) is 0 Å². The molecule has 0 atom stereocenters. The van der Waals surface area contributed by atoms with Gasteiger partial charge in [-0.2, -0.15) is 5.10 Å². The normalized spacial score (nSPS) is 10.7. The number of halogens is 1. The molecule has 0 spiro atoms. The van der Waals surface area contributed by atoms with Gasteiger partial charge in [0.05, 0.1) is 22.8 Å². The third-order valence-electron chi connectivity index (χ3n) is 2.90. The van der Waals surface area contributed by atoms with E-state index in [0.29, 0.717) is 5.75 Å². The lowest BCUT2D eigenvalue weighted by atomic mass is 10.2. The molecule has 0 fully saturated rings. The van der Waals surface area contributed by atoms with Gasteiger partial charge < -0.3 is 4.74 Å². The van der Waals surface area contributed by atoms with Crippen molar-refractivity contribution in [3.63, 3.8) is 0 Å². The van der Waals surface area contributed by atoms with Gasteiger partial charge in [-0.3, -0.25) is 4.79 Å². The molecule has 2 aromatic carbocycles. The van der Waals surface area contributed by atoms with Gasteiger partial charge in [-0.25, -0.2) is 9.07 Å². The summed E-state index contributed by atoms with van der Waals surface area (Å²) in [6.07, 6.45) is 1.62. The lowest BCUT2D eigenvalue weighted by Crippen LogP contribution is -2.01. The highest BCUT2D eigenvalue weighted by Gasteiger charge is 2.10. The maximum absolute atomic E-state index is 13.0. The molecule has 0 aliphatic rings. The molecule has 0 radical (unpaired) electrons. The number of rotatable bonds is 2. The molecular formula is C15H11FN2O2. The summed E-state index contributed by atoms with van der Waals surface area (Å²) in [5.74, 6) is -0.221. The van der Waals surface area contributed by atoms with E-state index in [2.05, 4.69) is 5.10 Å². The number of esters is 1. The zero-order valence-electron chi connectivity index (χ0n) is 10.7. The van der Waals surface area contributed by atoms with Crippen LogP contribution < -0.4 is 4.74 Å². The van der Waals surface area contributed by atoms with Gasteiger partial charge >= 0.3 is 5.97 Å². The van der Waals surface area contributed by atoms with Crippen LogP contribution in [0.25, 0.3) is 16.6 Å². The fourth-order valence-electron chi connectivity index (χ4n) is 2.06. The van der Waals surface area contributed by atoms with E-state index in [1.165, 1.54) is 19.1 Å². The Labute approximate surface area is 114 Å². The Morgan fingerprint density at radius 2 is 1.95 bits per heavy atom. The number of carbonyl (C=O) groups is 1. The number of aromatic nitrogens is 2. The van der Waals surface area contributed by atoms with Gasteiger partial charge in [0.25, 0.3) is 0 Å². The third-order valence-corrected chi connectivity index (χ3v) is 2.90. The highest BCUT2D eigenvalue weighted by Crippen LogP contribution is 2.27. The van der Waals surface area contributed by atoms with Crippen molar-refractivity contribution < 1.29 is 13.9 Å².